The van der Waals surface area contributed by atoms with Crippen LogP contribution in [0.2, 0.25) is 0 Å². The lowest BCUT2D eigenvalue weighted by molar-refractivity contribution is -0.385. The Morgan fingerprint density at radius 1 is 0.921 bits per heavy atom. The van der Waals surface area contributed by atoms with Crippen molar-refractivity contribution in [1.82, 2.24) is 5.43 Å². The molecule has 13 heteroatoms. The lowest BCUT2D eigenvalue weighted by Gasteiger charge is -2.11. The van der Waals surface area contributed by atoms with Gasteiger partial charge in [-0.05, 0) is 61.4 Å². The number of hydrogen-bond donors (Lipinski definition) is 1. The number of benzene rings is 3. The Hall–Kier alpha value is -5.33. The smallest absolute Gasteiger partial charge is 0.343 e. The highest BCUT2D eigenvalue weighted by Gasteiger charge is 2.17. The number of nitrogens with one attached hydrogen (secondary N) is 1. The summed E-state index contributed by atoms with van der Waals surface area (Å²) in [5.74, 6) is -1.07. The van der Waals surface area contributed by atoms with Crippen LogP contribution in [0, 0.1) is 27.2 Å². The van der Waals surface area contributed by atoms with Gasteiger partial charge in [0, 0.05) is 18.2 Å². The molecule has 0 aliphatic heterocycles. The summed E-state index contributed by atoms with van der Waals surface area (Å²) < 4.78 is 16.2. The lowest BCUT2D eigenvalue weighted by Crippen LogP contribution is -2.24. The molecule has 0 saturated carbocycles. The number of nitrogens with zero attached hydrogens (tertiary/aromatic N) is 3. The maximum Gasteiger partial charge on any atom is 0.343 e. The number of nitro groups is 2. The minimum absolute atomic E-state index is 0.0417. The highest BCUT2D eigenvalue weighted by atomic mass is 16.6. The van der Waals surface area contributed by atoms with E-state index in [9.17, 15) is 29.8 Å². The molecule has 0 atom stereocenters. The van der Waals surface area contributed by atoms with Crippen molar-refractivity contribution in [3.05, 3.63) is 97.6 Å². The van der Waals surface area contributed by atoms with Gasteiger partial charge in [-0.25, -0.2) is 10.2 Å². The van der Waals surface area contributed by atoms with Crippen LogP contribution in [0.3, 0.4) is 0 Å². The normalized spacial score (nSPS) is 10.6. The van der Waals surface area contributed by atoms with Gasteiger partial charge in [-0.2, -0.15) is 5.10 Å². The molecule has 3 aromatic rings. The number of non-ortho nitro benzene ring substituents is 1. The summed E-state index contributed by atoms with van der Waals surface area (Å²) in [6.45, 7) is 3.21. The summed E-state index contributed by atoms with van der Waals surface area (Å²) in [5.41, 5.74) is 3.14. The number of carbonyl (C=O) groups excluding carboxylic acids is 2. The number of hydrazone groups is 1. The van der Waals surface area contributed by atoms with Crippen molar-refractivity contribution in [2.45, 2.75) is 13.8 Å². The van der Waals surface area contributed by atoms with Crippen LogP contribution in [0.4, 0.5) is 11.4 Å². The summed E-state index contributed by atoms with van der Waals surface area (Å²) in [5, 5.41) is 25.8. The first-order chi connectivity index (χ1) is 18.2. The van der Waals surface area contributed by atoms with E-state index in [2.05, 4.69) is 10.5 Å². The second kappa shape index (κ2) is 12.6. The van der Waals surface area contributed by atoms with Crippen molar-refractivity contribution in [2.24, 2.45) is 5.10 Å². The highest BCUT2D eigenvalue weighted by molar-refractivity contribution is 5.92. The van der Waals surface area contributed by atoms with Crippen LogP contribution < -0.4 is 19.6 Å². The summed E-state index contributed by atoms with van der Waals surface area (Å²) in [6, 6.07) is 13.9. The summed E-state index contributed by atoms with van der Waals surface area (Å²) in [6.07, 6.45) is 1.32. The van der Waals surface area contributed by atoms with Crippen LogP contribution >= 0.6 is 0 Å². The molecular weight excluding hydrogens is 500 g/mol. The van der Waals surface area contributed by atoms with E-state index in [1.165, 1.54) is 54.7 Å². The van der Waals surface area contributed by atoms with Crippen molar-refractivity contribution in [3.8, 4) is 17.2 Å². The molecule has 0 bridgehead atoms. The molecule has 0 aliphatic carbocycles. The monoisotopic (exact) mass is 522 g/mol. The van der Waals surface area contributed by atoms with Crippen LogP contribution in [0.25, 0.3) is 0 Å². The molecule has 38 heavy (non-hydrogen) atoms. The fourth-order valence-corrected chi connectivity index (χ4v) is 3.08. The fourth-order valence-electron chi connectivity index (χ4n) is 3.08. The maximum absolute atomic E-state index is 12.5. The molecule has 0 heterocycles. The molecule has 196 valence electrons. The van der Waals surface area contributed by atoms with Gasteiger partial charge >= 0.3 is 11.7 Å². The minimum atomic E-state index is -0.733. The van der Waals surface area contributed by atoms with Crippen molar-refractivity contribution in [2.75, 3.05) is 13.2 Å². The largest absolute Gasteiger partial charge is 0.490 e. The molecule has 0 aromatic heterocycles. The predicted octanol–water partition coefficient (Wildman–Crippen LogP) is 3.96. The maximum atomic E-state index is 12.5. The second-order valence-corrected chi connectivity index (χ2v) is 7.64. The van der Waals surface area contributed by atoms with Gasteiger partial charge in [-0.1, -0.05) is 6.07 Å². The topological polar surface area (TPSA) is 172 Å². The third-order valence-corrected chi connectivity index (χ3v) is 4.86. The third kappa shape index (κ3) is 7.34. The zero-order valence-electron chi connectivity index (χ0n) is 20.3. The number of nitro benzene ring substituents is 2. The third-order valence-electron chi connectivity index (χ3n) is 4.86. The Balaban J connectivity index is 1.61. The quantitative estimate of drug-likeness (QED) is 0.129. The van der Waals surface area contributed by atoms with Crippen LogP contribution in [-0.4, -0.2) is 41.2 Å². The zero-order valence-corrected chi connectivity index (χ0v) is 20.3. The van der Waals surface area contributed by atoms with Crippen LogP contribution in [0.1, 0.15) is 28.4 Å². The van der Waals surface area contributed by atoms with Gasteiger partial charge in [0.25, 0.3) is 11.6 Å². The van der Waals surface area contributed by atoms with Crippen molar-refractivity contribution in [3.63, 3.8) is 0 Å². The van der Waals surface area contributed by atoms with E-state index in [0.29, 0.717) is 11.1 Å². The molecular formula is C25H22N4O9. The fraction of sp³-hybridized carbons (Fsp3) is 0.160. The number of hydrogen-bond acceptors (Lipinski definition) is 10. The molecule has 1 N–H and O–H groups in total. The Bertz CT molecular complexity index is 1390. The first kappa shape index (κ1) is 27.3. The lowest BCUT2D eigenvalue weighted by atomic mass is 10.2. The number of rotatable bonds is 11. The van der Waals surface area contributed by atoms with E-state index in [1.807, 2.05) is 0 Å². The van der Waals surface area contributed by atoms with Gasteiger partial charge < -0.3 is 14.2 Å². The second-order valence-electron chi connectivity index (χ2n) is 7.64. The molecule has 0 unspecified atom stereocenters. The number of amides is 1. The van der Waals surface area contributed by atoms with E-state index in [0.717, 1.165) is 0 Å². The standard InChI is InChI=1S/C25H22N4O9/c1-3-36-23-13-17(5-11-22(23)38-25(31)18-6-8-19(9-7-18)28(32)33)14-26-27-24(30)15-37-21-10-4-16(2)12-20(21)29(34)35/h4-14H,3,15H2,1-2H3,(H,27,30)/b26-14+. The van der Waals surface area contributed by atoms with E-state index >= 15 is 0 Å². The first-order valence-corrected chi connectivity index (χ1v) is 11.1. The molecule has 0 radical (unpaired) electrons. The van der Waals surface area contributed by atoms with Gasteiger partial charge in [0.2, 0.25) is 0 Å². The molecule has 0 fully saturated rings. The Labute approximate surface area is 215 Å². The Morgan fingerprint density at radius 2 is 1.63 bits per heavy atom. The number of aryl methyl sites for hydroxylation is 1. The average Bonchev–Trinajstić information content (AvgIpc) is 2.89. The molecule has 13 nitrogen and oxygen atoms in total. The minimum Gasteiger partial charge on any atom is -0.490 e. The van der Waals surface area contributed by atoms with E-state index in [4.69, 9.17) is 14.2 Å². The van der Waals surface area contributed by atoms with Gasteiger partial charge in [-0.15, -0.1) is 0 Å². The Kier molecular flexibility index (Phi) is 9.02. The van der Waals surface area contributed by atoms with E-state index < -0.39 is 28.3 Å². The number of carbonyl (C=O) groups is 2. The molecule has 0 spiro atoms. The van der Waals surface area contributed by atoms with E-state index in [1.54, 1.807) is 26.0 Å². The average molecular weight is 522 g/mol. The summed E-state index contributed by atoms with van der Waals surface area (Å²) in [4.78, 5) is 45.3. The van der Waals surface area contributed by atoms with Crippen molar-refractivity contribution < 1.29 is 33.6 Å². The van der Waals surface area contributed by atoms with Gasteiger partial charge in [0.1, 0.15) is 0 Å². The summed E-state index contributed by atoms with van der Waals surface area (Å²) >= 11 is 0. The van der Waals surface area contributed by atoms with E-state index in [-0.39, 0.29) is 40.8 Å². The highest BCUT2D eigenvalue weighted by Crippen LogP contribution is 2.29. The van der Waals surface area contributed by atoms with Crippen LogP contribution in [-0.2, 0) is 4.79 Å². The van der Waals surface area contributed by atoms with Gasteiger partial charge in [0.05, 0.1) is 28.2 Å². The first-order valence-electron chi connectivity index (χ1n) is 11.1. The van der Waals surface area contributed by atoms with Crippen LogP contribution in [0.15, 0.2) is 65.8 Å². The molecule has 3 rings (SSSR count). The van der Waals surface area contributed by atoms with Crippen molar-refractivity contribution >= 4 is 29.5 Å². The van der Waals surface area contributed by atoms with Crippen LogP contribution in [0.5, 0.6) is 17.2 Å². The SMILES string of the molecule is CCOc1cc(/C=N/NC(=O)COc2ccc(C)cc2[N+](=O)[O-])ccc1OC(=O)c1ccc([N+](=O)[O-])cc1. The zero-order chi connectivity index (χ0) is 27.7. The van der Waals surface area contributed by atoms with Gasteiger partial charge in [0.15, 0.2) is 23.9 Å². The van der Waals surface area contributed by atoms with Crippen molar-refractivity contribution in [1.29, 1.82) is 0 Å². The molecule has 0 saturated heterocycles. The summed E-state index contributed by atoms with van der Waals surface area (Å²) in [7, 11) is 0. The van der Waals surface area contributed by atoms with Gasteiger partial charge in [-0.3, -0.25) is 25.0 Å². The molecule has 1 amide bonds. The molecule has 0 aliphatic rings. The number of esters is 1. The Morgan fingerprint density at radius 3 is 2.29 bits per heavy atom. The predicted molar refractivity (Wildman–Crippen MR) is 135 cm³/mol. The number of ether oxygens (including phenoxy) is 3. The molecule has 3 aromatic carbocycles.